The summed E-state index contributed by atoms with van der Waals surface area (Å²) >= 11 is 0.149. The van der Waals surface area contributed by atoms with Crippen LogP contribution in [0.2, 0.25) is 8.87 Å². The van der Waals surface area contributed by atoms with Crippen LogP contribution in [-0.4, -0.2) is 30.9 Å². The van der Waals surface area contributed by atoms with Gasteiger partial charge in [-0.3, -0.25) is 0 Å². The van der Waals surface area contributed by atoms with Crippen LogP contribution in [0.25, 0.3) is 0 Å². The van der Waals surface area contributed by atoms with E-state index in [1.54, 1.807) is 8.87 Å². The molecule has 124 valence electrons. The molecule has 0 saturated heterocycles. The molecule has 0 aromatic rings. The Labute approximate surface area is 139 Å². The fraction of sp³-hybridized carbons (Fsp3) is 1.00. The molecule has 0 aromatic heterocycles. The van der Waals surface area contributed by atoms with Crippen LogP contribution in [0, 0.1) is 0 Å². The molecule has 0 spiro atoms. The fourth-order valence-electron chi connectivity index (χ4n) is 0.783. The van der Waals surface area contributed by atoms with Gasteiger partial charge < -0.3 is 9.79 Å². The van der Waals surface area contributed by atoms with E-state index >= 15 is 0 Å². The Morgan fingerprint density at radius 2 is 1.24 bits per heavy atom. The molecule has 2 unspecified atom stereocenters. The van der Waals surface area contributed by atoms with Crippen molar-refractivity contribution in [1.29, 1.82) is 0 Å². The number of hydrogen-bond donors (Lipinski definition) is 2. The van der Waals surface area contributed by atoms with Gasteiger partial charge >= 0.3 is 94.3 Å². The van der Waals surface area contributed by atoms with Gasteiger partial charge in [0.2, 0.25) is 0 Å². The van der Waals surface area contributed by atoms with Crippen LogP contribution >= 0.6 is 24.8 Å². The smallest absolute Gasteiger partial charge is 0.563 e. The van der Waals surface area contributed by atoms with Gasteiger partial charge in [-0.1, -0.05) is 7.43 Å². The SMILES string of the molecule is C.CCC[CH2][Sn+2][CH2]CCC.O=[P+](O)O.O=[P+]([O-])O[P+](=O)[O-]. The molecular formula is C9H24O8P3Sn+3. The quantitative estimate of drug-likeness (QED) is 0.311. The van der Waals surface area contributed by atoms with Crippen molar-refractivity contribution >= 4 is 45.9 Å². The maximum atomic E-state index is 9.24. The minimum absolute atomic E-state index is 0. The topological polar surface area (TPSA) is 147 Å². The van der Waals surface area contributed by atoms with E-state index in [0.717, 1.165) is 0 Å². The summed E-state index contributed by atoms with van der Waals surface area (Å²) in [6, 6.07) is 0. The van der Waals surface area contributed by atoms with Crippen LogP contribution in [-0.2, 0) is 18.0 Å². The van der Waals surface area contributed by atoms with Crippen LogP contribution in [0.1, 0.15) is 47.0 Å². The van der Waals surface area contributed by atoms with E-state index < -0.39 is 24.8 Å². The molecule has 21 heavy (non-hydrogen) atoms. The van der Waals surface area contributed by atoms with Gasteiger partial charge in [0.25, 0.3) is 0 Å². The summed E-state index contributed by atoms with van der Waals surface area (Å²) in [5.74, 6) is 0. The summed E-state index contributed by atoms with van der Waals surface area (Å²) in [5, 5.41) is 0. The number of unbranched alkanes of at least 4 members (excludes halogenated alkanes) is 2. The standard InChI is InChI=1S/2C4H9.CH4.O5P2.HO3P.Sn/c2*1-3-4-2;;1-6(2)5-7(3)4;1-4(2)3;/h2*1,3-4H2,2H3;1H4;;(H-,1,2,3);/q;;;;;+2/p+1. The third kappa shape index (κ3) is 62.8. The normalized spacial score (nSPS) is 9.62. The molecule has 0 aliphatic heterocycles. The minimum Gasteiger partial charge on any atom is -0.563 e. The molecule has 0 heterocycles. The summed E-state index contributed by atoms with van der Waals surface area (Å²) in [7, 11) is -9.34. The van der Waals surface area contributed by atoms with E-state index in [-0.39, 0.29) is 28.6 Å². The number of rotatable bonds is 8. The molecule has 0 rings (SSSR count). The van der Waals surface area contributed by atoms with Gasteiger partial charge in [0.1, 0.15) is 4.31 Å². The first-order valence-corrected chi connectivity index (χ1v) is 13.2. The summed E-state index contributed by atoms with van der Waals surface area (Å²) in [4.78, 5) is 32.7. The molecule has 2 atom stereocenters. The van der Waals surface area contributed by atoms with Gasteiger partial charge in [-0.05, 0) is 9.13 Å². The second-order valence-electron chi connectivity index (χ2n) is 3.24. The molecule has 0 amide bonds. The van der Waals surface area contributed by atoms with Gasteiger partial charge in [-0.2, -0.15) is 0 Å². The number of hydrogen-bond acceptors (Lipinski definition) is 6. The zero-order chi connectivity index (χ0) is 16.4. The molecule has 8 nitrogen and oxygen atoms in total. The Balaban J connectivity index is -0.000000108. The summed E-state index contributed by atoms with van der Waals surface area (Å²) < 4.78 is 33.6. The molecule has 0 bridgehead atoms. The molecular weight excluding hydrogens is 448 g/mol. The van der Waals surface area contributed by atoms with Crippen molar-refractivity contribution in [3.63, 3.8) is 0 Å². The van der Waals surface area contributed by atoms with Crippen molar-refractivity contribution in [2.45, 2.75) is 55.8 Å². The van der Waals surface area contributed by atoms with Crippen LogP contribution < -0.4 is 9.79 Å². The first-order valence-electron chi connectivity index (χ1n) is 5.80. The first kappa shape index (κ1) is 29.9. The Bertz CT molecular complexity index is 245. The molecule has 2 N–H and O–H groups in total. The minimum atomic E-state index is -3.24. The van der Waals surface area contributed by atoms with Crippen LogP contribution in [0.15, 0.2) is 0 Å². The second kappa shape index (κ2) is 25.8. The van der Waals surface area contributed by atoms with Crippen molar-refractivity contribution in [1.82, 2.24) is 0 Å². The van der Waals surface area contributed by atoms with Crippen LogP contribution in [0.5, 0.6) is 0 Å². The third-order valence-electron chi connectivity index (χ3n) is 1.55. The van der Waals surface area contributed by atoms with Gasteiger partial charge in [0.15, 0.2) is 0 Å². The maximum Gasteiger partial charge on any atom is 0.692 e. The van der Waals surface area contributed by atoms with Crippen molar-refractivity contribution in [3.05, 3.63) is 0 Å². The Hall–Kier alpha value is 0.899. The van der Waals surface area contributed by atoms with Crippen molar-refractivity contribution in [2.24, 2.45) is 0 Å². The predicted molar refractivity (Wildman–Crippen MR) is 80.3 cm³/mol. The van der Waals surface area contributed by atoms with Crippen LogP contribution in [0.3, 0.4) is 0 Å². The molecule has 0 aliphatic carbocycles. The average Bonchev–Trinajstić information content (AvgIpc) is 2.27. The monoisotopic (exact) mass is 473 g/mol. The van der Waals surface area contributed by atoms with E-state index in [2.05, 4.69) is 18.2 Å². The Kier molecular flexibility index (Phi) is 36.7. The summed E-state index contributed by atoms with van der Waals surface area (Å²) in [6.07, 6.45) is 5.84. The summed E-state index contributed by atoms with van der Waals surface area (Å²) in [5.41, 5.74) is 0. The van der Waals surface area contributed by atoms with Crippen LogP contribution in [0.4, 0.5) is 0 Å². The Morgan fingerprint density at radius 3 is 1.38 bits per heavy atom. The van der Waals surface area contributed by atoms with Gasteiger partial charge in [0, 0.05) is 4.57 Å². The largest absolute Gasteiger partial charge is 0.692 e. The van der Waals surface area contributed by atoms with E-state index in [9.17, 15) is 18.9 Å². The van der Waals surface area contributed by atoms with Crippen molar-refractivity contribution < 1.29 is 37.6 Å². The second-order valence-corrected chi connectivity index (χ2v) is 9.57. The first-order chi connectivity index (χ1) is 9.27. The summed E-state index contributed by atoms with van der Waals surface area (Å²) in [6.45, 7) is 4.58. The zero-order valence-electron chi connectivity index (χ0n) is 11.4. The predicted octanol–water partition coefficient (Wildman–Crippen LogP) is 2.43. The maximum absolute atomic E-state index is 9.24. The molecule has 12 heteroatoms. The van der Waals surface area contributed by atoms with E-state index in [1.165, 1.54) is 25.7 Å². The van der Waals surface area contributed by atoms with Gasteiger partial charge in [-0.25, -0.2) is 0 Å². The van der Waals surface area contributed by atoms with Gasteiger partial charge in [0.05, 0.1) is 0 Å². The fourth-order valence-corrected chi connectivity index (χ4v) is 5.38. The Morgan fingerprint density at radius 1 is 0.952 bits per heavy atom. The van der Waals surface area contributed by atoms with Crippen molar-refractivity contribution in [2.75, 3.05) is 0 Å². The third-order valence-corrected chi connectivity index (χ3v) is 6.65. The molecule has 0 aromatic carbocycles. The molecule has 0 fully saturated rings. The van der Waals surface area contributed by atoms with Crippen molar-refractivity contribution in [3.8, 4) is 0 Å². The molecule has 0 saturated carbocycles. The zero-order valence-corrected chi connectivity index (χ0v) is 17.0. The van der Waals surface area contributed by atoms with Gasteiger partial charge in [-0.15, -0.1) is 9.79 Å². The van der Waals surface area contributed by atoms with E-state index in [4.69, 9.17) is 14.4 Å². The van der Waals surface area contributed by atoms with E-state index in [0.29, 0.717) is 0 Å². The van der Waals surface area contributed by atoms with E-state index in [1.807, 2.05) is 0 Å². The molecule has 0 radical (unpaired) electrons. The molecule has 0 aliphatic rings. The average molecular weight is 472 g/mol.